The number of unbranched alkanes of at least 4 members (excludes halogenated alkanes) is 14. The molecule has 0 radical (unpaired) electrons. The van der Waals surface area contributed by atoms with Crippen molar-refractivity contribution in [2.24, 2.45) is 5.92 Å². The van der Waals surface area contributed by atoms with Crippen LogP contribution in [-0.4, -0.2) is 37.6 Å². The normalized spacial score (nSPS) is 15.2. The topological polar surface area (TPSA) is 29.5 Å². The summed E-state index contributed by atoms with van der Waals surface area (Å²) in [6, 6.07) is 0. The van der Waals surface area contributed by atoms with Crippen molar-refractivity contribution in [3.8, 4) is 0 Å². The van der Waals surface area contributed by atoms with Crippen LogP contribution < -0.4 is 0 Å². The first-order chi connectivity index (χ1) is 14.3. The molecule has 3 nitrogen and oxygen atoms in total. The van der Waals surface area contributed by atoms with Gasteiger partial charge in [-0.3, -0.25) is 4.79 Å². The summed E-state index contributed by atoms with van der Waals surface area (Å²) >= 11 is 0. The van der Waals surface area contributed by atoms with Gasteiger partial charge in [-0.2, -0.15) is 0 Å². The molecule has 1 saturated heterocycles. The summed E-state index contributed by atoms with van der Waals surface area (Å²) in [7, 11) is 1.77. The van der Waals surface area contributed by atoms with E-state index in [0.29, 0.717) is 5.91 Å². The maximum absolute atomic E-state index is 12.4. The molecule has 0 N–H and O–H groups in total. The molecule has 29 heavy (non-hydrogen) atoms. The third-order valence-electron chi connectivity index (χ3n) is 6.69. The Balaban J connectivity index is 1.81. The van der Waals surface area contributed by atoms with Gasteiger partial charge >= 0.3 is 0 Å². The SMILES string of the molecule is CCCCCCCCCCCCCCCCCC(=O)N1CCC(CCOC)CC1. The number of carbonyl (C=O) groups excluding carboxylic acids is 1. The highest BCUT2D eigenvalue weighted by Gasteiger charge is 2.21. The maximum atomic E-state index is 12.4. The van der Waals surface area contributed by atoms with E-state index in [1.54, 1.807) is 7.11 Å². The highest BCUT2D eigenvalue weighted by Crippen LogP contribution is 2.21. The number of hydrogen-bond acceptors (Lipinski definition) is 2. The first kappa shape index (κ1) is 26.5. The predicted molar refractivity (Wildman–Crippen MR) is 125 cm³/mol. The lowest BCUT2D eigenvalue weighted by atomic mass is 9.93. The summed E-state index contributed by atoms with van der Waals surface area (Å²) in [5.41, 5.74) is 0. The number of nitrogens with zero attached hydrogens (tertiary/aromatic N) is 1. The lowest BCUT2D eigenvalue weighted by Gasteiger charge is -2.32. The smallest absolute Gasteiger partial charge is 0.222 e. The van der Waals surface area contributed by atoms with Crippen LogP contribution in [0.3, 0.4) is 0 Å². The van der Waals surface area contributed by atoms with Crippen LogP contribution in [-0.2, 0) is 9.53 Å². The molecule has 172 valence electrons. The number of amides is 1. The van der Waals surface area contributed by atoms with E-state index in [-0.39, 0.29) is 0 Å². The van der Waals surface area contributed by atoms with Crippen LogP contribution in [0.4, 0.5) is 0 Å². The molecule has 3 heteroatoms. The van der Waals surface area contributed by atoms with E-state index in [9.17, 15) is 4.79 Å². The van der Waals surface area contributed by atoms with Crippen LogP contribution in [0.15, 0.2) is 0 Å². The minimum Gasteiger partial charge on any atom is -0.385 e. The Morgan fingerprint density at radius 2 is 1.21 bits per heavy atom. The molecule has 1 aliphatic rings. The zero-order valence-electron chi connectivity index (χ0n) is 19.9. The van der Waals surface area contributed by atoms with Crippen molar-refractivity contribution >= 4 is 5.91 Å². The van der Waals surface area contributed by atoms with Gasteiger partial charge in [-0.05, 0) is 31.6 Å². The van der Waals surface area contributed by atoms with E-state index in [1.165, 1.54) is 89.9 Å². The monoisotopic (exact) mass is 409 g/mol. The molecule has 1 aliphatic heterocycles. The fourth-order valence-electron chi connectivity index (χ4n) is 4.56. The lowest BCUT2D eigenvalue weighted by Crippen LogP contribution is -2.38. The molecule has 1 heterocycles. The molecular weight excluding hydrogens is 358 g/mol. The van der Waals surface area contributed by atoms with Crippen molar-refractivity contribution in [2.45, 2.75) is 129 Å². The van der Waals surface area contributed by atoms with E-state index < -0.39 is 0 Å². The number of hydrogen-bond donors (Lipinski definition) is 0. The molecule has 0 aromatic carbocycles. The standard InChI is InChI=1S/C26H51NO2/c1-3-4-5-6-7-8-9-10-11-12-13-14-15-16-17-18-26(28)27-22-19-25(20-23-27)21-24-29-2/h25H,3-24H2,1-2H3. The second-order valence-corrected chi connectivity index (χ2v) is 9.31. The molecule has 0 aromatic rings. The molecule has 1 fully saturated rings. The molecule has 0 aliphatic carbocycles. The molecule has 0 bridgehead atoms. The molecule has 1 rings (SSSR count). The maximum Gasteiger partial charge on any atom is 0.222 e. The van der Waals surface area contributed by atoms with E-state index in [0.717, 1.165) is 57.7 Å². The van der Waals surface area contributed by atoms with E-state index >= 15 is 0 Å². The van der Waals surface area contributed by atoms with E-state index in [1.807, 2.05) is 0 Å². The van der Waals surface area contributed by atoms with Crippen molar-refractivity contribution in [2.75, 3.05) is 26.8 Å². The largest absolute Gasteiger partial charge is 0.385 e. The highest BCUT2D eigenvalue weighted by atomic mass is 16.5. The fraction of sp³-hybridized carbons (Fsp3) is 0.962. The van der Waals surface area contributed by atoms with Gasteiger partial charge in [-0.1, -0.05) is 96.8 Å². The number of rotatable bonds is 19. The Kier molecular flexibility index (Phi) is 17.7. The van der Waals surface area contributed by atoms with Crippen molar-refractivity contribution in [1.29, 1.82) is 0 Å². The van der Waals surface area contributed by atoms with Crippen LogP contribution in [0.2, 0.25) is 0 Å². The molecular formula is C26H51NO2. The van der Waals surface area contributed by atoms with Gasteiger partial charge in [-0.25, -0.2) is 0 Å². The second kappa shape index (κ2) is 19.4. The summed E-state index contributed by atoms with van der Waals surface area (Å²) in [4.78, 5) is 14.5. The molecule has 0 saturated carbocycles. The predicted octanol–water partition coefficient (Wildman–Crippen LogP) is 7.52. The highest BCUT2D eigenvalue weighted by molar-refractivity contribution is 5.76. The Hall–Kier alpha value is -0.570. The van der Waals surface area contributed by atoms with Gasteiger partial charge in [0.2, 0.25) is 5.91 Å². The summed E-state index contributed by atoms with van der Waals surface area (Å²) in [6.45, 7) is 5.07. The van der Waals surface area contributed by atoms with Gasteiger partial charge in [0.1, 0.15) is 0 Å². The summed E-state index contributed by atoms with van der Waals surface area (Å²) in [6.07, 6.45) is 24.9. The molecule has 0 spiro atoms. The molecule has 0 atom stereocenters. The summed E-state index contributed by atoms with van der Waals surface area (Å²) in [5, 5.41) is 0. The fourth-order valence-corrected chi connectivity index (χ4v) is 4.56. The Morgan fingerprint density at radius 1 is 0.759 bits per heavy atom. The van der Waals surface area contributed by atoms with Gasteiger partial charge in [0, 0.05) is 33.2 Å². The van der Waals surface area contributed by atoms with Gasteiger partial charge in [0.15, 0.2) is 0 Å². The number of piperidine rings is 1. The second-order valence-electron chi connectivity index (χ2n) is 9.31. The lowest BCUT2D eigenvalue weighted by molar-refractivity contribution is -0.132. The zero-order valence-corrected chi connectivity index (χ0v) is 19.9. The number of likely N-dealkylation sites (tertiary alicyclic amines) is 1. The van der Waals surface area contributed by atoms with Gasteiger partial charge in [0.25, 0.3) is 0 Å². The van der Waals surface area contributed by atoms with Gasteiger partial charge < -0.3 is 9.64 Å². The van der Waals surface area contributed by atoms with Crippen LogP contribution in [0, 0.1) is 5.92 Å². The number of ether oxygens (including phenoxy) is 1. The number of methoxy groups -OCH3 is 1. The van der Waals surface area contributed by atoms with Crippen LogP contribution in [0.1, 0.15) is 129 Å². The Labute approximate surface area is 182 Å². The molecule has 0 unspecified atom stereocenters. The van der Waals surface area contributed by atoms with E-state index in [2.05, 4.69) is 11.8 Å². The Morgan fingerprint density at radius 3 is 1.66 bits per heavy atom. The Bertz CT molecular complexity index is 364. The third kappa shape index (κ3) is 15.0. The summed E-state index contributed by atoms with van der Waals surface area (Å²) < 4.78 is 5.18. The van der Waals surface area contributed by atoms with E-state index in [4.69, 9.17) is 4.74 Å². The quantitative estimate of drug-likeness (QED) is 0.206. The average molecular weight is 410 g/mol. The molecule has 1 amide bonds. The first-order valence-corrected chi connectivity index (χ1v) is 13.0. The van der Waals surface area contributed by atoms with Crippen molar-refractivity contribution in [3.63, 3.8) is 0 Å². The molecule has 0 aromatic heterocycles. The zero-order chi connectivity index (χ0) is 21.0. The van der Waals surface area contributed by atoms with Crippen molar-refractivity contribution < 1.29 is 9.53 Å². The average Bonchev–Trinajstić information content (AvgIpc) is 2.75. The van der Waals surface area contributed by atoms with Crippen molar-refractivity contribution in [1.82, 2.24) is 4.90 Å². The van der Waals surface area contributed by atoms with Crippen molar-refractivity contribution in [3.05, 3.63) is 0 Å². The number of carbonyl (C=O) groups is 1. The summed E-state index contributed by atoms with van der Waals surface area (Å²) in [5.74, 6) is 1.15. The first-order valence-electron chi connectivity index (χ1n) is 13.0. The van der Waals surface area contributed by atoms with Gasteiger partial charge in [0.05, 0.1) is 0 Å². The van der Waals surface area contributed by atoms with Crippen LogP contribution in [0.25, 0.3) is 0 Å². The van der Waals surface area contributed by atoms with Crippen LogP contribution in [0.5, 0.6) is 0 Å². The van der Waals surface area contributed by atoms with Crippen LogP contribution >= 0.6 is 0 Å². The third-order valence-corrected chi connectivity index (χ3v) is 6.69. The minimum absolute atomic E-state index is 0.393. The van der Waals surface area contributed by atoms with Gasteiger partial charge in [-0.15, -0.1) is 0 Å². The minimum atomic E-state index is 0.393.